The molecule has 0 unspecified atom stereocenters. The van der Waals surface area contributed by atoms with Gasteiger partial charge in [0.05, 0.1) is 0 Å². The van der Waals surface area contributed by atoms with Gasteiger partial charge in [-0.25, -0.2) is 4.72 Å². The van der Waals surface area contributed by atoms with E-state index in [9.17, 15) is 8.42 Å². The van der Waals surface area contributed by atoms with Crippen LogP contribution < -0.4 is 10.5 Å². The molecule has 0 fully saturated rings. The average molecular weight is 271 g/mol. The van der Waals surface area contributed by atoms with Gasteiger partial charge in [-0.1, -0.05) is 26.0 Å². The van der Waals surface area contributed by atoms with Gasteiger partial charge in [0, 0.05) is 25.3 Å². The van der Waals surface area contributed by atoms with Crippen molar-refractivity contribution in [3.05, 3.63) is 29.8 Å². The van der Waals surface area contributed by atoms with E-state index >= 15 is 0 Å². The molecular weight excluding hydrogens is 250 g/mol. The van der Waals surface area contributed by atoms with Crippen LogP contribution in [0.4, 0.5) is 5.69 Å². The number of nitrogen functional groups attached to an aromatic ring is 1. The Kier molecular flexibility index (Phi) is 5.58. The molecule has 0 aliphatic rings. The molecule has 5 nitrogen and oxygen atoms in total. The van der Waals surface area contributed by atoms with E-state index in [1.807, 2.05) is 26.0 Å². The van der Waals surface area contributed by atoms with Crippen LogP contribution in [0, 0.1) is 0 Å². The Labute approximate surface area is 109 Å². The third kappa shape index (κ3) is 4.29. The molecule has 0 heterocycles. The number of nitrogens with zero attached hydrogens (tertiary/aromatic N) is 1. The third-order valence-electron chi connectivity index (χ3n) is 2.54. The molecule has 1 rings (SSSR count). The van der Waals surface area contributed by atoms with E-state index in [4.69, 9.17) is 5.73 Å². The topological polar surface area (TPSA) is 75.4 Å². The monoisotopic (exact) mass is 271 g/mol. The summed E-state index contributed by atoms with van der Waals surface area (Å²) in [7, 11) is -3.40. The van der Waals surface area contributed by atoms with Gasteiger partial charge in [0.2, 0.25) is 0 Å². The highest BCUT2D eigenvalue weighted by Crippen LogP contribution is 2.11. The van der Waals surface area contributed by atoms with Crippen molar-refractivity contribution in [1.82, 2.24) is 9.03 Å². The van der Waals surface area contributed by atoms with Gasteiger partial charge in [0.25, 0.3) is 10.2 Å². The van der Waals surface area contributed by atoms with E-state index < -0.39 is 10.2 Å². The molecule has 0 bridgehead atoms. The Morgan fingerprint density at radius 1 is 1.33 bits per heavy atom. The maximum atomic E-state index is 12.0. The molecule has 0 aliphatic carbocycles. The summed E-state index contributed by atoms with van der Waals surface area (Å²) < 4.78 is 27.9. The minimum atomic E-state index is -3.40. The van der Waals surface area contributed by atoms with E-state index in [0.29, 0.717) is 25.3 Å². The second kappa shape index (κ2) is 6.72. The van der Waals surface area contributed by atoms with Gasteiger partial charge >= 0.3 is 0 Å². The summed E-state index contributed by atoms with van der Waals surface area (Å²) in [5.74, 6) is 0. The SMILES string of the molecule is CCCNS(=O)(=O)N(CC)Cc1cccc(N)c1. The molecule has 0 saturated heterocycles. The van der Waals surface area contributed by atoms with Crippen LogP contribution in [0.25, 0.3) is 0 Å². The second-order valence-corrected chi connectivity index (χ2v) is 5.83. The first-order valence-electron chi connectivity index (χ1n) is 6.08. The summed E-state index contributed by atoms with van der Waals surface area (Å²) in [5, 5.41) is 0. The molecule has 102 valence electrons. The number of rotatable bonds is 7. The molecule has 0 aliphatic heterocycles. The Morgan fingerprint density at radius 2 is 2.06 bits per heavy atom. The van der Waals surface area contributed by atoms with E-state index in [1.54, 1.807) is 12.1 Å². The maximum Gasteiger partial charge on any atom is 0.279 e. The van der Waals surface area contributed by atoms with Crippen molar-refractivity contribution in [3.8, 4) is 0 Å². The van der Waals surface area contributed by atoms with Crippen molar-refractivity contribution in [3.63, 3.8) is 0 Å². The maximum absolute atomic E-state index is 12.0. The lowest BCUT2D eigenvalue weighted by Gasteiger charge is -2.20. The fraction of sp³-hybridized carbons (Fsp3) is 0.500. The van der Waals surface area contributed by atoms with E-state index in [1.165, 1.54) is 4.31 Å². The molecule has 0 amide bonds. The van der Waals surface area contributed by atoms with Gasteiger partial charge in [0.1, 0.15) is 0 Å². The molecule has 0 saturated carbocycles. The van der Waals surface area contributed by atoms with Gasteiger partial charge in [-0.15, -0.1) is 0 Å². The molecule has 1 aromatic carbocycles. The van der Waals surface area contributed by atoms with Crippen LogP contribution in [-0.4, -0.2) is 25.8 Å². The van der Waals surface area contributed by atoms with Crippen molar-refractivity contribution in [2.45, 2.75) is 26.8 Å². The highest BCUT2D eigenvalue weighted by Gasteiger charge is 2.19. The fourth-order valence-corrected chi connectivity index (χ4v) is 2.89. The second-order valence-electron chi connectivity index (χ2n) is 4.07. The van der Waals surface area contributed by atoms with Gasteiger partial charge < -0.3 is 5.73 Å². The Morgan fingerprint density at radius 3 is 2.61 bits per heavy atom. The number of nitrogens with one attached hydrogen (secondary N) is 1. The van der Waals surface area contributed by atoms with E-state index in [-0.39, 0.29) is 0 Å². The quantitative estimate of drug-likeness (QED) is 0.735. The summed E-state index contributed by atoms with van der Waals surface area (Å²) in [4.78, 5) is 0. The molecule has 0 atom stereocenters. The summed E-state index contributed by atoms with van der Waals surface area (Å²) in [5.41, 5.74) is 7.21. The normalized spacial score (nSPS) is 11.9. The lowest BCUT2D eigenvalue weighted by molar-refractivity contribution is 0.414. The van der Waals surface area contributed by atoms with Gasteiger partial charge in [-0.2, -0.15) is 12.7 Å². The molecule has 1 aromatic rings. The third-order valence-corrected chi connectivity index (χ3v) is 4.17. The zero-order valence-corrected chi connectivity index (χ0v) is 11.7. The van der Waals surface area contributed by atoms with Gasteiger partial charge in [-0.05, 0) is 24.1 Å². The van der Waals surface area contributed by atoms with E-state index in [2.05, 4.69) is 4.72 Å². The highest BCUT2D eigenvalue weighted by atomic mass is 32.2. The first kappa shape index (κ1) is 14.9. The minimum Gasteiger partial charge on any atom is -0.399 e. The Hall–Kier alpha value is -1.11. The summed E-state index contributed by atoms with van der Waals surface area (Å²) >= 11 is 0. The number of hydrogen-bond acceptors (Lipinski definition) is 3. The lowest BCUT2D eigenvalue weighted by Crippen LogP contribution is -2.40. The van der Waals surface area contributed by atoms with Crippen molar-refractivity contribution in [1.29, 1.82) is 0 Å². The fourth-order valence-electron chi connectivity index (χ4n) is 1.58. The molecular formula is C12H21N3O2S. The first-order valence-corrected chi connectivity index (χ1v) is 7.52. The number of nitrogens with two attached hydrogens (primary N) is 1. The summed E-state index contributed by atoms with van der Waals surface area (Å²) in [6, 6.07) is 7.26. The van der Waals surface area contributed by atoms with Crippen LogP contribution in [0.5, 0.6) is 0 Å². The molecule has 3 N–H and O–H groups in total. The van der Waals surface area contributed by atoms with Crippen LogP contribution in [0.15, 0.2) is 24.3 Å². The van der Waals surface area contributed by atoms with Gasteiger partial charge in [0.15, 0.2) is 0 Å². The van der Waals surface area contributed by atoms with Crippen molar-refractivity contribution in [2.24, 2.45) is 0 Å². The summed E-state index contributed by atoms with van der Waals surface area (Å²) in [6.45, 7) is 4.96. The molecule has 18 heavy (non-hydrogen) atoms. The molecule has 0 spiro atoms. The van der Waals surface area contributed by atoms with Crippen molar-refractivity contribution < 1.29 is 8.42 Å². The number of hydrogen-bond donors (Lipinski definition) is 2. The van der Waals surface area contributed by atoms with Crippen molar-refractivity contribution in [2.75, 3.05) is 18.8 Å². The summed E-state index contributed by atoms with van der Waals surface area (Å²) in [6.07, 6.45) is 0.773. The van der Waals surface area contributed by atoms with Crippen LogP contribution in [-0.2, 0) is 16.8 Å². The highest BCUT2D eigenvalue weighted by molar-refractivity contribution is 7.87. The lowest BCUT2D eigenvalue weighted by atomic mass is 10.2. The first-order chi connectivity index (χ1) is 8.49. The standard InChI is InChI=1S/C12H21N3O2S/c1-3-8-14-18(16,17)15(4-2)10-11-6-5-7-12(13)9-11/h5-7,9,14H,3-4,8,10,13H2,1-2H3. The predicted molar refractivity (Wildman–Crippen MR) is 74.2 cm³/mol. The Balaban J connectivity index is 2.78. The largest absolute Gasteiger partial charge is 0.399 e. The Bertz CT molecular complexity index is 474. The molecule has 0 radical (unpaired) electrons. The van der Waals surface area contributed by atoms with Crippen LogP contribution >= 0.6 is 0 Å². The zero-order valence-electron chi connectivity index (χ0n) is 10.9. The minimum absolute atomic E-state index is 0.334. The predicted octanol–water partition coefficient (Wildman–Crippen LogP) is 1.34. The molecule has 6 heteroatoms. The van der Waals surface area contributed by atoms with Crippen molar-refractivity contribution >= 4 is 15.9 Å². The molecule has 0 aromatic heterocycles. The van der Waals surface area contributed by atoms with Crippen LogP contribution in [0.3, 0.4) is 0 Å². The number of benzene rings is 1. The average Bonchev–Trinajstić information content (AvgIpc) is 2.33. The number of anilines is 1. The van der Waals surface area contributed by atoms with E-state index in [0.717, 1.165) is 12.0 Å². The van der Waals surface area contributed by atoms with Gasteiger partial charge in [-0.3, -0.25) is 0 Å². The van der Waals surface area contributed by atoms with Crippen LogP contribution in [0.2, 0.25) is 0 Å². The smallest absolute Gasteiger partial charge is 0.279 e. The van der Waals surface area contributed by atoms with Crippen LogP contribution in [0.1, 0.15) is 25.8 Å². The zero-order chi connectivity index (χ0) is 13.6.